The summed E-state index contributed by atoms with van der Waals surface area (Å²) in [4.78, 5) is 38.9. The number of nitrogens with zero attached hydrogens (tertiary/aromatic N) is 1. The standard InChI is InChI=1S/C29H39N3O3.CH4/c1-16-18-6-8-27(4)19-7-9-29(32-25(31)35)11-10-26(2,3)14-20(29)23(19)21(33)12-22(27)28(18,5)13-17(15-30)24(16)34;/h12-13,16,18-20,23H,6-11,14H2,1-5H3,(H3,31,32,35);1H4. The van der Waals surface area contributed by atoms with Gasteiger partial charge in [0, 0.05) is 22.8 Å². The summed E-state index contributed by atoms with van der Waals surface area (Å²) < 4.78 is 0. The maximum absolute atomic E-state index is 14.1. The number of nitriles is 1. The minimum Gasteiger partial charge on any atom is -0.352 e. The van der Waals surface area contributed by atoms with Crippen LogP contribution in [0.5, 0.6) is 0 Å². The van der Waals surface area contributed by atoms with Gasteiger partial charge in [-0.25, -0.2) is 4.79 Å². The monoisotopic (exact) mass is 493 g/mol. The average Bonchev–Trinajstić information content (AvgIpc) is 2.77. The number of nitrogens with one attached hydrogen (secondary N) is 1. The molecule has 2 amide bonds. The van der Waals surface area contributed by atoms with Crippen LogP contribution in [0.3, 0.4) is 0 Å². The zero-order valence-electron chi connectivity index (χ0n) is 21.7. The molecule has 6 heteroatoms. The van der Waals surface area contributed by atoms with E-state index >= 15 is 0 Å². The Balaban J connectivity index is 0.00000304. The van der Waals surface area contributed by atoms with Crippen molar-refractivity contribution in [2.75, 3.05) is 0 Å². The topological polar surface area (TPSA) is 113 Å². The maximum atomic E-state index is 14.1. The van der Waals surface area contributed by atoms with E-state index < -0.39 is 17.0 Å². The summed E-state index contributed by atoms with van der Waals surface area (Å²) in [6, 6.07) is 1.64. The van der Waals surface area contributed by atoms with Crippen LogP contribution in [-0.4, -0.2) is 23.1 Å². The molecule has 0 aromatic rings. The molecule has 5 rings (SSSR count). The van der Waals surface area contributed by atoms with Gasteiger partial charge in [-0.2, -0.15) is 5.26 Å². The van der Waals surface area contributed by atoms with Gasteiger partial charge in [0.1, 0.15) is 6.07 Å². The Hall–Kier alpha value is -2.42. The normalized spacial score (nSPS) is 44.7. The van der Waals surface area contributed by atoms with Crippen molar-refractivity contribution < 1.29 is 14.4 Å². The number of Topliss-reactive ketones (excluding diaryl/α,β-unsaturated/α-hetero) is 1. The molecule has 0 radical (unpaired) electrons. The van der Waals surface area contributed by atoms with Gasteiger partial charge in [0.2, 0.25) is 0 Å². The van der Waals surface area contributed by atoms with Crippen LogP contribution in [0.4, 0.5) is 4.79 Å². The third kappa shape index (κ3) is 3.52. The van der Waals surface area contributed by atoms with Crippen LogP contribution in [-0.2, 0) is 9.59 Å². The first-order valence-corrected chi connectivity index (χ1v) is 13.3. The molecule has 5 aliphatic rings. The van der Waals surface area contributed by atoms with Crippen LogP contribution >= 0.6 is 0 Å². The molecule has 3 N–H and O–H groups in total. The van der Waals surface area contributed by atoms with Crippen molar-refractivity contribution in [1.82, 2.24) is 5.32 Å². The summed E-state index contributed by atoms with van der Waals surface area (Å²) >= 11 is 0. The van der Waals surface area contributed by atoms with E-state index in [4.69, 9.17) is 5.73 Å². The molecule has 6 nitrogen and oxygen atoms in total. The van der Waals surface area contributed by atoms with Crippen LogP contribution < -0.4 is 11.1 Å². The highest BCUT2D eigenvalue weighted by Gasteiger charge is 2.64. The first-order valence-electron chi connectivity index (χ1n) is 13.3. The Morgan fingerprint density at radius 3 is 2.36 bits per heavy atom. The number of amides is 2. The Morgan fingerprint density at radius 1 is 1.06 bits per heavy atom. The van der Waals surface area contributed by atoms with Gasteiger partial charge in [0.25, 0.3) is 0 Å². The van der Waals surface area contributed by atoms with E-state index in [2.05, 4.69) is 39.1 Å². The van der Waals surface area contributed by atoms with Crippen molar-refractivity contribution in [2.24, 2.45) is 51.6 Å². The van der Waals surface area contributed by atoms with Crippen LogP contribution in [0.25, 0.3) is 0 Å². The molecule has 0 aromatic heterocycles. The lowest BCUT2D eigenvalue weighted by Gasteiger charge is -2.64. The number of fused-ring (bicyclic) bond motifs is 7. The zero-order valence-corrected chi connectivity index (χ0v) is 21.7. The molecule has 0 heterocycles. The van der Waals surface area contributed by atoms with Gasteiger partial charge in [-0.1, -0.05) is 53.7 Å². The van der Waals surface area contributed by atoms with E-state index in [9.17, 15) is 19.6 Å². The molecule has 36 heavy (non-hydrogen) atoms. The minimum absolute atomic E-state index is 0. The van der Waals surface area contributed by atoms with E-state index in [1.54, 1.807) is 0 Å². The first-order chi connectivity index (χ1) is 16.3. The van der Waals surface area contributed by atoms with E-state index in [0.29, 0.717) is 0 Å². The van der Waals surface area contributed by atoms with Gasteiger partial charge < -0.3 is 11.1 Å². The second kappa shape index (κ2) is 8.30. The highest BCUT2D eigenvalue weighted by Crippen LogP contribution is 2.68. The fraction of sp³-hybridized carbons (Fsp3) is 0.733. The maximum Gasteiger partial charge on any atom is 0.312 e. The van der Waals surface area contributed by atoms with E-state index in [1.165, 1.54) is 0 Å². The van der Waals surface area contributed by atoms with Crippen molar-refractivity contribution in [3.05, 3.63) is 23.3 Å². The molecular weight excluding hydrogens is 450 g/mol. The van der Waals surface area contributed by atoms with Gasteiger partial charge in [-0.05, 0) is 79.6 Å². The van der Waals surface area contributed by atoms with Gasteiger partial charge in [0.05, 0.1) is 5.57 Å². The number of ketones is 2. The van der Waals surface area contributed by atoms with Crippen molar-refractivity contribution in [3.8, 4) is 6.07 Å². The predicted octanol–water partition coefficient (Wildman–Crippen LogP) is 5.48. The second-order valence-corrected chi connectivity index (χ2v) is 13.4. The Bertz CT molecular complexity index is 1110. The molecule has 196 valence electrons. The van der Waals surface area contributed by atoms with Crippen molar-refractivity contribution in [2.45, 2.75) is 92.5 Å². The summed E-state index contributed by atoms with van der Waals surface area (Å²) in [6.07, 6.45) is 10.1. The van der Waals surface area contributed by atoms with Gasteiger partial charge >= 0.3 is 6.03 Å². The number of hydrogen-bond donors (Lipinski definition) is 2. The summed E-state index contributed by atoms with van der Waals surface area (Å²) in [5.41, 5.74) is 6.05. The van der Waals surface area contributed by atoms with Gasteiger partial charge in [-0.15, -0.1) is 0 Å². The molecule has 0 saturated heterocycles. The first kappa shape index (κ1) is 26.6. The molecule has 5 aliphatic carbocycles. The number of carbonyl (C=O) groups excluding carboxylic acids is 3. The number of allylic oxidation sites excluding steroid dienone is 4. The van der Waals surface area contributed by atoms with Crippen LogP contribution in [0.2, 0.25) is 0 Å². The highest BCUT2D eigenvalue weighted by molar-refractivity contribution is 6.02. The molecule has 0 bridgehead atoms. The predicted molar refractivity (Wildman–Crippen MR) is 139 cm³/mol. The van der Waals surface area contributed by atoms with Crippen LogP contribution in [0, 0.1) is 57.2 Å². The quantitative estimate of drug-likeness (QED) is 0.503. The number of rotatable bonds is 1. The summed E-state index contributed by atoms with van der Waals surface area (Å²) in [6.45, 7) is 10.9. The SMILES string of the molecule is C.CC1C(=O)C(C#N)=CC2(C)C3=CC(=O)C4C5CC(C)(C)CCC5(NC(N)=O)CCC4C3(C)CCC12. The van der Waals surface area contributed by atoms with E-state index in [-0.39, 0.29) is 65.0 Å². The molecule has 8 atom stereocenters. The summed E-state index contributed by atoms with van der Waals surface area (Å²) in [5.74, 6) is 0.0524. The number of carbonyl (C=O) groups is 3. The Kier molecular flexibility index (Phi) is 6.14. The smallest absolute Gasteiger partial charge is 0.312 e. The summed E-state index contributed by atoms with van der Waals surface area (Å²) in [7, 11) is 0. The minimum atomic E-state index is -0.498. The Labute approximate surface area is 216 Å². The third-order valence-corrected chi connectivity index (χ3v) is 11.1. The zero-order chi connectivity index (χ0) is 25.6. The van der Waals surface area contributed by atoms with Crippen LogP contribution in [0.15, 0.2) is 23.3 Å². The molecule has 3 fully saturated rings. The van der Waals surface area contributed by atoms with Crippen LogP contribution in [0.1, 0.15) is 87.0 Å². The number of nitrogens with two attached hydrogens (primary N) is 1. The fourth-order valence-electron chi connectivity index (χ4n) is 9.36. The number of primary amides is 1. The lowest BCUT2D eigenvalue weighted by molar-refractivity contribution is -0.139. The highest BCUT2D eigenvalue weighted by atomic mass is 16.2. The Morgan fingerprint density at radius 2 is 1.72 bits per heavy atom. The lowest BCUT2D eigenvalue weighted by Crippen LogP contribution is -2.67. The average molecular weight is 494 g/mol. The molecule has 0 spiro atoms. The van der Waals surface area contributed by atoms with Crippen molar-refractivity contribution in [1.29, 1.82) is 5.26 Å². The van der Waals surface area contributed by atoms with Crippen molar-refractivity contribution >= 4 is 17.6 Å². The molecule has 0 aromatic carbocycles. The molecular formula is C30H43N3O3. The molecule has 0 aliphatic heterocycles. The van der Waals surface area contributed by atoms with E-state index in [1.807, 2.05) is 19.1 Å². The van der Waals surface area contributed by atoms with Gasteiger partial charge in [0.15, 0.2) is 11.6 Å². The fourth-order valence-corrected chi connectivity index (χ4v) is 9.36. The van der Waals surface area contributed by atoms with E-state index in [0.717, 1.165) is 50.5 Å². The van der Waals surface area contributed by atoms with Crippen molar-refractivity contribution in [3.63, 3.8) is 0 Å². The largest absolute Gasteiger partial charge is 0.352 e. The third-order valence-electron chi connectivity index (χ3n) is 11.1. The number of urea groups is 1. The summed E-state index contributed by atoms with van der Waals surface area (Å²) in [5, 5.41) is 12.8. The lowest BCUT2D eigenvalue weighted by atomic mass is 9.40. The molecule has 8 unspecified atom stereocenters. The second-order valence-electron chi connectivity index (χ2n) is 13.4. The number of hydrogen-bond acceptors (Lipinski definition) is 4. The van der Waals surface area contributed by atoms with Gasteiger partial charge in [-0.3, -0.25) is 9.59 Å². The molecule has 3 saturated carbocycles.